The van der Waals surface area contributed by atoms with Crippen molar-refractivity contribution in [3.63, 3.8) is 0 Å². The van der Waals surface area contributed by atoms with Crippen LogP contribution in [0, 0.1) is 11.6 Å². The molecule has 25 heavy (non-hydrogen) atoms. The van der Waals surface area contributed by atoms with Gasteiger partial charge >= 0.3 is 6.09 Å². The predicted octanol–water partition coefficient (Wildman–Crippen LogP) is 2.17. The summed E-state index contributed by atoms with van der Waals surface area (Å²) in [5.41, 5.74) is 4.45. The van der Waals surface area contributed by atoms with Crippen molar-refractivity contribution in [1.82, 2.24) is 9.80 Å². The Morgan fingerprint density at radius 2 is 1.56 bits per heavy atom. The van der Waals surface area contributed by atoms with Crippen molar-refractivity contribution in [3.05, 3.63) is 29.3 Å². The minimum absolute atomic E-state index is 0.0304. The number of benzene rings is 1. The first kappa shape index (κ1) is 19.0. The summed E-state index contributed by atoms with van der Waals surface area (Å²) in [6.07, 6.45) is -0.820. The molecule has 0 unspecified atom stereocenters. The molecule has 1 aromatic rings. The second-order valence-electron chi connectivity index (χ2n) is 6.99. The summed E-state index contributed by atoms with van der Waals surface area (Å²) in [5, 5.41) is 0. The van der Waals surface area contributed by atoms with E-state index in [2.05, 4.69) is 0 Å². The summed E-state index contributed by atoms with van der Waals surface area (Å²) in [7, 11) is 0. The smallest absolute Gasteiger partial charge is 0.410 e. The monoisotopic (exact) mass is 355 g/mol. The Labute approximate surface area is 145 Å². The lowest BCUT2D eigenvalue weighted by atomic mass is 10.1. The van der Waals surface area contributed by atoms with Crippen LogP contribution in [0.5, 0.6) is 0 Å². The quantitative estimate of drug-likeness (QED) is 0.825. The molecular weight excluding hydrogens is 332 g/mol. The number of anilines is 1. The van der Waals surface area contributed by atoms with E-state index in [4.69, 9.17) is 10.5 Å². The second-order valence-corrected chi connectivity index (χ2v) is 6.99. The Hall–Kier alpha value is -2.38. The lowest BCUT2D eigenvalue weighted by molar-refractivity contribution is -0.132. The minimum Gasteiger partial charge on any atom is -0.444 e. The van der Waals surface area contributed by atoms with Crippen LogP contribution in [0.4, 0.5) is 19.3 Å². The van der Waals surface area contributed by atoms with Crippen molar-refractivity contribution in [3.8, 4) is 0 Å². The largest absolute Gasteiger partial charge is 0.444 e. The summed E-state index contributed by atoms with van der Waals surface area (Å²) in [4.78, 5) is 27.3. The number of carbonyl (C=O) groups excluding carboxylic acids is 2. The van der Waals surface area contributed by atoms with Gasteiger partial charge in [-0.05, 0) is 32.9 Å². The zero-order chi connectivity index (χ0) is 18.8. The minimum atomic E-state index is -0.835. The summed E-state index contributed by atoms with van der Waals surface area (Å²) >= 11 is 0. The third-order valence-electron chi connectivity index (χ3n) is 3.78. The van der Waals surface area contributed by atoms with Gasteiger partial charge in [0.1, 0.15) is 17.2 Å². The van der Waals surface area contributed by atoms with E-state index in [9.17, 15) is 18.4 Å². The molecule has 1 heterocycles. The van der Waals surface area contributed by atoms with Crippen LogP contribution in [-0.2, 0) is 16.0 Å². The molecule has 1 fully saturated rings. The number of nitrogen functional groups attached to an aromatic ring is 1. The highest BCUT2D eigenvalue weighted by molar-refractivity contribution is 5.79. The molecule has 0 saturated carbocycles. The average Bonchev–Trinajstić information content (AvgIpc) is 2.49. The first-order valence-corrected chi connectivity index (χ1v) is 8.06. The van der Waals surface area contributed by atoms with Crippen LogP contribution >= 0.6 is 0 Å². The van der Waals surface area contributed by atoms with Crippen molar-refractivity contribution in [2.24, 2.45) is 0 Å². The maximum absolute atomic E-state index is 13.8. The molecule has 138 valence electrons. The molecule has 2 amide bonds. The van der Waals surface area contributed by atoms with E-state index in [1.165, 1.54) is 9.80 Å². The summed E-state index contributed by atoms with van der Waals surface area (Å²) < 4.78 is 32.9. The zero-order valence-electron chi connectivity index (χ0n) is 14.6. The first-order valence-electron chi connectivity index (χ1n) is 8.06. The van der Waals surface area contributed by atoms with Gasteiger partial charge in [-0.15, -0.1) is 0 Å². The van der Waals surface area contributed by atoms with E-state index >= 15 is 0 Å². The Bertz CT molecular complexity index is 643. The third kappa shape index (κ3) is 5.04. The predicted molar refractivity (Wildman–Crippen MR) is 88.9 cm³/mol. The van der Waals surface area contributed by atoms with Crippen molar-refractivity contribution < 1.29 is 23.1 Å². The average molecular weight is 355 g/mol. The topological polar surface area (TPSA) is 75.9 Å². The number of ether oxygens (including phenoxy) is 1. The van der Waals surface area contributed by atoms with Crippen LogP contribution in [0.15, 0.2) is 12.1 Å². The number of amides is 2. The van der Waals surface area contributed by atoms with Gasteiger partial charge in [0.2, 0.25) is 5.91 Å². The molecule has 8 heteroatoms. The number of piperazine rings is 1. The standard InChI is InChI=1S/C17H23F2N3O3/c1-17(2,3)25-16(24)22-6-4-21(5-7-22)15(23)10-12-13(18)8-11(20)9-14(12)19/h8-9H,4-7,10,20H2,1-3H3. The van der Waals surface area contributed by atoms with Crippen LogP contribution < -0.4 is 5.73 Å². The van der Waals surface area contributed by atoms with Crippen molar-refractivity contribution in [2.75, 3.05) is 31.9 Å². The Balaban J connectivity index is 1.93. The van der Waals surface area contributed by atoms with Gasteiger partial charge in [-0.2, -0.15) is 0 Å². The van der Waals surface area contributed by atoms with Crippen LogP contribution in [0.2, 0.25) is 0 Å². The van der Waals surface area contributed by atoms with E-state index in [0.29, 0.717) is 13.1 Å². The third-order valence-corrected chi connectivity index (χ3v) is 3.78. The highest BCUT2D eigenvalue weighted by atomic mass is 19.1. The molecular formula is C17H23F2N3O3. The lowest BCUT2D eigenvalue weighted by Crippen LogP contribution is -2.52. The van der Waals surface area contributed by atoms with E-state index in [0.717, 1.165) is 12.1 Å². The van der Waals surface area contributed by atoms with Crippen LogP contribution in [0.3, 0.4) is 0 Å². The molecule has 1 aliphatic heterocycles. The molecule has 0 spiro atoms. The number of halogens is 2. The summed E-state index contributed by atoms with van der Waals surface area (Å²) in [5.74, 6) is -2.07. The molecule has 0 bridgehead atoms. The molecule has 2 rings (SSSR count). The van der Waals surface area contributed by atoms with Gasteiger partial charge < -0.3 is 20.3 Å². The van der Waals surface area contributed by atoms with Crippen molar-refractivity contribution in [2.45, 2.75) is 32.8 Å². The van der Waals surface area contributed by atoms with E-state index in [1.54, 1.807) is 20.8 Å². The Kier molecular flexibility index (Phi) is 5.49. The number of hydrogen-bond donors (Lipinski definition) is 1. The van der Waals surface area contributed by atoms with Crippen molar-refractivity contribution in [1.29, 1.82) is 0 Å². The number of nitrogens with two attached hydrogens (primary N) is 1. The molecule has 0 atom stereocenters. The van der Waals surface area contributed by atoms with Gasteiger partial charge in [0.05, 0.1) is 6.42 Å². The molecule has 1 aromatic carbocycles. The Morgan fingerprint density at radius 1 is 1.08 bits per heavy atom. The van der Waals surface area contributed by atoms with Gasteiger partial charge in [0, 0.05) is 37.4 Å². The van der Waals surface area contributed by atoms with E-state index < -0.39 is 29.2 Å². The van der Waals surface area contributed by atoms with Crippen LogP contribution in [0.1, 0.15) is 26.3 Å². The number of nitrogens with zero attached hydrogens (tertiary/aromatic N) is 2. The highest BCUT2D eigenvalue weighted by Gasteiger charge is 2.28. The summed E-state index contributed by atoms with van der Waals surface area (Å²) in [6.45, 7) is 6.54. The molecule has 2 N–H and O–H groups in total. The second kappa shape index (κ2) is 7.25. The number of rotatable bonds is 2. The normalized spacial score (nSPS) is 15.2. The van der Waals surface area contributed by atoms with Gasteiger partial charge in [0.15, 0.2) is 0 Å². The van der Waals surface area contributed by atoms with E-state index in [1.807, 2.05) is 0 Å². The SMILES string of the molecule is CC(C)(C)OC(=O)N1CCN(C(=O)Cc2c(F)cc(N)cc2F)CC1. The lowest BCUT2D eigenvalue weighted by Gasteiger charge is -2.35. The fourth-order valence-electron chi connectivity index (χ4n) is 2.52. The maximum Gasteiger partial charge on any atom is 0.410 e. The molecule has 0 aromatic heterocycles. The molecule has 1 saturated heterocycles. The van der Waals surface area contributed by atoms with E-state index in [-0.39, 0.29) is 30.8 Å². The molecule has 6 nitrogen and oxygen atoms in total. The maximum atomic E-state index is 13.8. The van der Waals surface area contributed by atoms with Gasteiger partial charge in [-0.1, -0.05) is 0 Å². The molecule has 1 aliphatic rings. The highest BCUT2D eigenvalue weighted by Crippen LogP contribution is 2.19. The fourth-order valence-corrected chi connectivity index (χ4v) is 2.52. The zero-order valence-corrected chi connectivity index (χ0v) is 14.6. The van der Waals surface area contributed by atoms with Gasteiger partial charge in [0.25, 0.3) is 0 Å². The number of hydrogen-bond acceptors (Lipinski definition) is 4. The molecule has 0 radical (unpaired) electrons. The fraction of sp³-hybridized carbons (Fsp3) is 0.529. The van der Waals surface area contributed by atoms with Crippen LogP contribution in [0.25, 0.3) is 0 Å². The molecule has 0 aliphatic carbocycles. The summed E-state index contributed by atoms with van der Waals surface area (Å²) in [6, 6.07) is 1.98. The van der Waals surface area contributed by atoms with Crippen molar-refractivity contribution >= 4 is 17.7 Å². The van der Waals surface area contributed by atoms with Gasteiger partial charge in [-0.25, -0.2) is 13.6 Å². The Morgan fingerprint density at radius 3 is 2.04 bits per heavy atom. The number of carbonyl (C=O) groups is 2. The van der Waals surface area contributed by atoms with Crippen LogP contribution in [-0.4, -0.2) is 53.6 Å². The van der Waals surface area contributed by atoms with Gasteiger partial charge in [-0.3, -0.25) is 4.79 Å². The first-order chi connectivity index (χ1) is 11.6.